The number of hydrogen-bond acceptors (Lipinski definition) is 4. The predicted molar refractivity (Wildman–Crippen MR) is 68.7 cm³/mol. The van der Waals surface area contributed by atoms with Gasteiger partial charge in [-0.25, -0.2) is 0 Å². The van der Waals surface area contributed by atoms with E-state index in [9.17, 15) is 10.1 Å². The molecule has 1 aromatic carbocycles. The molecule has 17 heavy (non-hydrogen) atoms. The van der Waals surface area contributed by atoms with Crippen LogP contribution in [0.2, 0.25) is 0 Å². The lowest BCUT2D eigenvalue weighted by Crippen LogP contribution is -2.04. The van der Waals surface area contributed by atoms with Gasteiger partial charge in [-0.05, 0) is 24.5 Å². The summed E-state index contributed by atoms with van der Waals surface area (Å²) >= 11 is 0. The summed E-state index contributed by atoms with van der Waals surface area (Å²) in [5, 5.41) is 17.4. The van der Waals surface area contributed by atoms with Crippen LogP contribution >= 0.6 is 0 Å². The smallest absolute Gasteiger partial charge is 0.292 e. The second kappa shape index (κ2) is 5.03. The molecule has 2 rings (SSSR count). The molecule has 1 aliphatic heterocycles. The fraction of sp³-hybridized carbons (Fsp3) is 0.500. The van der Waals surface area contributed by atoms with Crippen LogP contribution in [-0.2, 0) is 6.42 Å². The Balaban J connectivity index is 2.25. The topological polar surface area (TPSA) is 67.2 Å². The molecule has 5 heteroatoms. The van der Waals surface area contributed by atoms with Gasteiger partial charge in [0.15, 0.2) is 0 Å². The van der Waals surface area contributed by atoms with Crippen LogP contribution in [0.5, 0.6) is 0 Å². The van der Waals surface area contributed by atoms with Gasteiger partial charge in [0.05, 0.1) is 4.92 Å². The molecule has 2 N–H and O–H groups in total. The molecule has 92 valence electrons. The van der Waals surface area contributed by atoms with E-state index in [1.165, 1.54) is 0 Å². The second-order valence-electron chi connectivity index (χ2n) is 4.24. The Kier molecular flexibility index (Phi) is 3.46. The zero-order valence-electron chi connectivity index (χ0n) is 9.95. The van der Waals surface area contributed by atoms with Gasteiger partial charge in [0.2, 0.25) is 0 Å². The number of nitrogens with zero attached hydrogens (tertiary/aromatic N) is 1. The third-order valence-electron chi connectivity index (χ3n) is 2.97. The molecule has 1 aromatic rings. The lowest BCUT2D eigenvalue weighted by Gasteiger charge is -2.09. The summed E-state index contributed by atoms with van der Waals surface area (Å²) in [6.07, 6.45) is 2.96. The highest BCUT2D eigenvalue weighted by atomic mass is 16.6. The van der Waals surface area contributed by atoms with Gasteiger partial charge in [0.25, 0.3) is 5.69 Å². The molecule has 0 radical (unpaired) electrons. The standard InChI is InChI=1S/C12H17N3O2/c1-2-3-5-13-11-8-10-9(4-6-14-10)7-12(11)15(16)17/h7-8,13-14H,2-6H2,1H3. The first-order valence-electron chi connectivity index (χ1n) is 6.01. The van der Waals surface area contributed by atoms with Crippen LogP contribution in [0.3, 0.4) is 0 Å². The lowest BCUT2D eigenvalue weighted by molar-refractivity contribution is -0.384. The first-order chi connectivity index (χ1) is 8.22. The maximum Gasteiger partial charge on any atom is 0.292 e. The van der Waals surface area contributed by atoms with Crippen molar-refractivity contribution in [3.63, 3.8) is 0 Å². The minimum Gasteiger partial charge on any atom is -0.384 e. The van der Waals surface area contributed by atoms with E-state index in [1.54, 1.807) is 6.07 Å². The number of rotatable bonds is 5. The first kappa shape index (κ1) is 11.7. The van der Waals surface area contributed by atoms with Crippen molar-refractivity contribution in [1.29, 1.82) is 0 Å². The molecule has 5 nitrogen and oxygen atoms in total. The molecule has 0 saturated carbocycles. The molecular weight excluding hydrogens is 218 g/mol. The normalized spacial score (nSPS) is 13.0. The van der Waals surface area contributed by atoms with Gasteiger partial charge in [0.1, 0.15) is 5.69 Å². The van der Waals surface area contributed by atoms with Crippen LogP contribution in [0.4, 0.5) is 17.1 Å². The van der Waals surface area contributed by atoms with Crippen molar-refractivity contribution in [2.75, 3.05) is 23.7 Å². The summed E-state index contributed by atoms with van der Waals surface area (Å²) in [5.74, 6) is 0. The number of nitro groups is 1. The van der Waals surface area contributed by atoms with Gasteiger partial charge in [0, 0.05) is 24.8 Å². The molecule has 0 aromatic heterocycles. The van der Waals surface area contributed by atoms with Gasteiger partial charge in [-0.2, -0.15) is 0 Å². The van der Waals surface area contributed by atoms with Gasteiger partial charge in [-0.1, -0.05) is 13.3 Å². The van der Waals surface area contributed by atoms with Crippen molar-refractivity contribution >= 4 is 17.1 Å². The number of fused-ring (bicyclic) bond motifs is 1. The Morgan fingerprint density at radius 3 is 3.06 bits per heavy atom. The van der Waals surface area contributed by atoms with E-state index in [0.717, 1.165) is 43.6 Å². The molecular formula is C12H17N3O2. The number of hydrogen-bond donors (Lipinski definition) is 2. The maximum absolute atomic E-state index is 11.0. The van der Waals surface area contributed by atoms with E-state index >= 15 is 0 Å². The van der Waals surface area contributed by atoms with E-state index in [-0.39, 0.29) is 10.6 Å². The Labute approximate surface area is 100 Å². The number of nitrogens with one attached hydrogen (secondary N) is 2. The molecule has 0 fully saturated rings. The van der Waals surface area contributed by atoms with Crippen LogP contribution in [0.15, 0.2) is 12.1 Å². The van der Waals surface area contributed by atoms with Crippen molar-refractivity contribution in [2.45, 2.75) is 26.2 Å². The minimum atomic E-state index is -0.313. The Bertz CT molecular complexity index is 432. The van der Waals surface area contributed by atoms with Crippen LogP contribution in [0, 0.1) is 10.1 Å². The summed E-state index contributed by atoms with van der Waals surface area (Å²) in [6.45, 7) is 3.74. The average molecular weight is 235 g/mol. The zero-order chi connectivity index (χ0) is 12.3. The quantitative estimate of drug-likeness (QED) is 0.468. The monoisotopic (exact) mass is 235 g/mol. The van der Waals surface area contributed by atoms with Gasteiger partial charge < -0.3 is 10.6 Å². The molecule has 1 heterocycles. The van der Waals surface area contributed by atoms with Crippen molar-refractivity contribution < 1.29 is 4.92 Å². The maximum atomic E-state index is 11.0. The second-order valence-corrected chi connectivity index (χ2v) is 4.24. The molecule has 0 aliphatic carbocycles. The van der Waals surface area contributed by atoms with Gasteiger partial charge in [-0.3, -0.25) is 10.1 Å². The van der Waals surface area contributed by atoms with Crippen molar-refractivity contribution in [1.82, 2.24) is 0 Å². The highest BCUT2D eigenvalue weighted by Gasteiger charge is 2.20. The highest BCUT2D eigenvalue weighted by Crippen LogP contribution is 2.34. The molecule has 0 bridgehead atoms. The van der Waals surface area contributed by atoms with E-state index in [1.807, 2.05) is 6.07 Å². The summed E-state index contributed by atoms with van der Waals surface area (Å²) in [7, 11) is 0. The fourth-order valence-electron chi connectivity index (χ4n) is 2.03. The van der Waals surface area contributed by atoms with E-state index in [2.05, 4.69) is 17.6 Å². The minimum absolute atomic E-state index is 0.184. The SMILES string of the molecule is CCCCNc1cc2c(cc1[N+](=O)[O-])CCN2. The Morgan fingerprint density at radius 2 is 2.35 bits per heavy atom. The Morgan fingerprint density at radius 1 is 1.53 bits per heavy atom. The fourth-order valence-corrected chi connectivity index (χ4v) is 2.03. The number of benzene rings is 1. The molecule has 0 atom stereocenters. The molecule has 0 unspecified atom stereocenters. The summed E-state index contributed by atoms with van der Waals surface area (Å²) in [4.78, 5) is 10.7. The third-order valence-corrected chi connectivity index (χ3v) is 2.97. The highest BCUT2D eigenvalue weighted by molar-refractivity contribution is 5.73. The number of unbranched alkanes of at least 4 members (excludes halogenated alkanes) is 1. The van der Waals surface area contributed by atoms with Gasteiger partial charge in [-0.15, -0.1) is 0 Å². The Hall–Kier alpha value is -1.78. The van der Waals surface area contributed by atoms with E-state index in [4.69, 9.17) is 0 Å². The van der Waals surface area contributed by atoms with Crippen LogP contribution in [0.1, 0.15) is 25.3 Å². The van der Waals surface area contributed by atoms with E-state index in [0.29, 0.717) is 5.69 Å². The van der Waals surface area contributed by atoms with Gasteiger partial charge >= 0.3 is 0 Å². The van der Waals surface area contributed by atoms with Crippen molar-refractivity contribution in [2.24, 2.45) is 0 Å². The molecule has 0 amide bonds. The number of nitro benzene ring substituents is 1. The zero-order valence-corrected chi connectivity index (χ0v) is 9.95. The van der Waals surface area contributed by atoms with E-state index < -0.39 is 0 Å². The molecule has 0 spiro atoms. The molecule has 0 saturated heterocycles. The average Bonchev–Trinajstić information content (AvgIpc) is 2.75. The largest absolute Gasteiger partial charge is 0.384 e. The molecule has 1 aliphatic rings. The van der Waals surface area contributed by atoms with Crippen molar-refractivity contribution in [3.05, 3.63) is 27.8 Å². The summed E-state index contributed by atoms with van der Waals surface area (Å²) in [5.41, 5.74) is 2.87. The summed E-state index contributed by atoms with van der Waals surface area (Å²) in [6, 6.07) is 3.54. The first-order valence-corrected chi connectivity index (χ1v) is 6.01. The predicted octanol–water partition coefficient (Wildman–Crippen LogP) is 2.77. The van der Waals surface area contributed by atoms with Crippen LogP contribution < -0.4 is 10.6 Å². The summed E-state index contributed by atoms with van der Waals surface area (Å²) < 4.78 is 0. The van der Waals surface area contributed by atoms with Crippen LogP contribution in [-0.4, -0.2) is 18.0 Å². The third kappa shape index (κ3) is 2.49. The van der Waals surface area contributed by atoms with Crippen LogP contribution in [0.25, 0.3) is 0 Å². The van der Waals surface area contributed by atoms with Crippen molar-refractivity contribution in [3.8, 4) is 0 Å². The number of anilines is 2. The lowest BCUT2D eigenvalue weighted by atomic mass is 10.1.